The normalized spacial score (nSPS) is 20.7. The lowest BCUT2D eigenvalue weighted by Crippen LogP contribution is -2.62. The highest BCUT2D eigenvalue weighted by molar-refractivity contribution is 7.10. The summed E-state index contributed by atoms with van der Waals surface area (Å²) in [5.74, 6) is 0.623. The Morgan fingerprint density at radius 1 is 1.38 bits per heavy atom. The molecule has 29 heavy (non-hydrogen) atoms. The molecule has 7 nitrogen and oxygen atoms in total. The number of nitrogens with one attached hydrogen (secondary N) is 3. The number of rotatable bonds is 5. The SMILES string of the molecule is CC(C)CNC(=O)[C@@H]1Cc2[nH]cnc2C2(CCN(C(=O)Cc3cccs3)CC2)N1. The molecule has 0 unspecified atom stereocenters. The molecule has 1 fully saturated rings. The predicted molar refractivity (Wildman–Crippen MR) is 113 cm³/mol. The van der Waals surface area contributed by atoms with E-state index in [2.05, 4.69) is 34.4 Å². The van der Waals surface area contributed by atoms with E-state index < -0.39 is 0 Å². The lowest BCUT2D eigenvalue weighted by Gasteiger charge is -2.46. The summed E-state index contributed by atoms with van der Waals surface area (Å²) in [5.41, 5.74) is 1.69. The topological polar surface area (TPSA) is 90.1 Å². The van der Waals surface area contributed by atoms with Gasteiger partial charge in [-0.15, -0.1) is 11.3 Å². The minimum atomic E-state index is -0.354. The first kappa shape index (κ1) is 20.1. The van der Waals surface area contributed by atoms with Crippen molar-refractivity contribution in [3.05, 3.63) is 40.1 Å². The molecule has 0 aliphatic carbocycles. The number of likely N-dealkylation sites (tertiary alicyclic amines) is 1. The molecule has 4 heterocycles. The van der Waals surface area contributed by atoms with Gasteiger partial charge in [-0.25, -0.2) is 4.98 Å². The molecule has 0 saturated carbocycles. The third-order valence-corrected chi connectivity index (χ3v) is 6.78. The van der Waals surface area contributed by atoms with Crippen molar-refractivity contribution in [2.45, 2.75) is 51.1 Å². The summed E-state index contributed by atoms with van der Waals surface area (Å²) in [6.07, 6.45) is 4.31. The molecular weight excluding hydrogens is 386 g/mol. The van der Waals surface area contributed by atoms with E-state index in [1.807, 2.05) is 22.4 Å². The zero-order valence-electron chi connectivity index (χ0n) is 17.0. The summed E-state index contributed by atoms with van der Waals surface area (Å²) in [6.45, 7) is 6.19. The first-order chi connectivity index (χ1) is 14.0. The van der Waals surface area contributed by atoms with E-state index in [-0.39, 0.29) is 23.4 Å². The summed E-state index contributed by atoms with van der Waals surface area (Å²) in [4.78, 5) is 36.3. The molecule has 1 atom stereocenters. The van der Waals surface area contributed by atoms with E-state index in [1.54, 1.807) is 17.7 Å². The number of nitrogens with zero attached hydrogens (tertiary/aromatic N) is 2. The van der Waals surface area contributed by atoms with Gasteiger partial charge in [-0.1, -0.05) is 19.9 Å². The fourth-order valence-corrected chi connectivity index (χ4v) is 5.02. The van der Waals surface area contributed by atoms with Gasteiger partial charge < -0.3 is 15.2 Å². The molecule has 156 valence electrons. The Kier molecular flexibility index (Phi) is 5.74. The van der Waals surface area contributed by atoms with Gasteiger partial charge >= 0.3 is 0 Å². The van der Waals surface area contributed by atoms with Crippen LogP contribution in [0, 0.1) is 5.92 Å². The fourth-order valence-electron chi connectivity index (χ4n) is 4.33. The van der Waals surface area contributed by atoms with Crippen LogP contribution in [0.25, 0.3) is 0 Å². The number of carbonyl (C=O) groups is 2. The zero-order valence-corrected chi connectivity index (χ0v) is 17.8. The van der Waals surface area contributed by atoms with E-state index in [1.165, 1.54) is 0 Å². The number of fused-ring (bicyclic) bond motifs is 2. The maximum absolute atomic E-state index is 12.7. The van der Waals surface area contributed by atoms with Gasteiger partial charge in [0.25, 0.3) is 0 Å². The minimum absolute atomic E-state index is 0.0366. The number of aromatic nitrogens is 2. The number of amides is 2. The molecule has 2 amide bonds. The Balaban J connectivity index is 1.44. The summed E-state index contributed by atoms with van der Waals surface area (Å²) < 4.78 is 0. The number of aromatic amines is 1. The summed E-state index contributed by atoms with van der Waals surface area (Å²) >= 11 is 1.62. The summed E-state index contributed by atoms with van der Waals surface area (Å²) in [6, 6.07) is 3.70. The average molecular weight is 416 g/mol. The third-order valence-electron chi connectivity index (χ3n) is 5.91. The van der Waals surface area contributed by atoms with Crippen LogP contribution in [0.2, 0.25) is 0 Å². The number of carbonyl (C=O) groups excluding carboxylic acids is 2. The van der Waals surface area contributed by atoms with Crippen LogP contribution in [0.1, 0.15) is 43.0 Å². The number of H-pyrrole nitrogens is 1. The van der Waals surface area contributed by atoms with Crippen LogP contribution < -0.4 is 10.6 Å². The van der Waals surface area contributed by atoms with Gasteiger partial charge in [0.1, 0.15) is 0 Å². The van der Waals surface area contributed by atoms with Crippen LogP contribution in [0.4, 0.5) is 0 Å². The molecule has 8 heteroatoms. The second kappa shape index (κ2) is 8.28. The van der Waals surface area contributed by atoms with Crippen LogP contribution in [-0.4, -0.2) is 52.4 Å². The lowest BCUT2D eigenvalue weighted by atomic mass is 9.78. The molecule has 0 radical (unpaired) electrons. The Morgan fingerprint density at radius 3 is 2.86 bits per heavy atom. The summed E-state index contributed by atoms with van der Waals surface area (Å²) in [7, 11) is 0. The van der Waals surface area contributed by atoms with Crippen LogP contribution in [0.15, 0.2) is 23.8 Å². The second-order valence-corrected chi connectivity index (χ2v) is 9.52. The molecule has 2 aliphatic rings. The molecule has 4 rings (SSSR count). The van der Waals surface area contributed by atoms with Crippen molar-refractivity contribution in [2.24, 2.45) is 5.92 Å². The highest BCUT2D eigenvalue weighted by Gasteiger charge is 2.46. The monoisotopic (exact) mass is 415 g/mol. The van der Waals surface area contributed by atoms with Crippen molar-refractivity contribution in [3.63, 3.8) is 0 Å². The molecule has 2 aromatic rings. The van der Waals surface area contributed by atoms with Crippen molar-refractivity contribution in [2.75, 3.05) is 19.6 Å². The molecule has 2 aliphatic heterocycles. The Hall–Kier alpha value is -2.19. The lowest BCUT2D eigenvalue weighted by molar-refractivity contribution is -0.133. The third kappa shape index (κ3) is 4.23. The maximum Gasteiger partial charge on any atom is 0.237 e. The molecule has 3 N–H and O–H groups in total. The number of hydrogen-bond donors (Lipinski definition) is 3. The largest absolute Gasteiger partial charge is 0.354 e. The van der Waals surface area contributed by atoms with Crippen LogP contribution in [0.3, 0.4) is 0 Å². The maximum atomic E-state index is 12.7. The molecular formula is C21H29N5O2S. The predicted octanol–water partition coefficient (Wildman–Crippen LogP) is 1.82. The smallest absolute Gasteiger partial charge is 0.237 e. The van der Waals surface area contributed by atoms with E-state index >= 15 is 0 Å². The Morgan fingerprint density at radius 2 is 2.17 bits per heavy atom. The van der Waals surface area contributed by atoms with Gasteiger partial charge in [0.2, 0.25) is 11.8 Å². The van der Waals surface area contributed by atoms with Crippen molar-refractivity contribution >= 4 is 23.2 Å². The van der Waals surface area contributed by atoms with Gasteiger partial charge in [-0.05, 0) is 30.2 Å². The van der Waals surface area contributed by atoms with E-state index in [0.717, 1.165) is 29.1 Å². The first-order valence-corrected chi connectivity index (χ1v) is 11.2. The van der Waals surface area contributed by atoms with Crippen LogP contribution in [-0.2, 0) is 28.0 Å². The Bertz CT molecular complexity index is 852. The van der Waals surface area contributed by atoms with Gasteiger partial charge in [-0.2, -0.15) is 0 Å². The molecule has 2 aromatic heterocycles. The number of imidazole rings is 1. The number of piperidine rings is 1. The second-order valence-electron chi connectivity index (χ2n) is 8.49. The highest BCUT2D eigenvalue weighted by Crippen LogP contribution is 2.37. The minimum Gasteiger partial charge on any atom is -0.354 e. The number of hydrogen-bond acceptors (Lipinski definition) is 5. The quantitative estimate of drug-likeness (QED) is 0.695. The van der Waals surface area contributed by atoms with Crippen LogP contribution in [0.5, 0.6) is 0 Å². The van der Waals surface area contributed by atoms with E-state index in [9.17, 15) is 9.59 Å². The van der Waals surface area contributed by atoms with Crippen molar-refractivity contribution in [1.29, 1.82) is 0 Å². The zero-order chi connectivity index (χ0) is 20.4. The first-order valence-electron chi connectivity index (χ1n) is 10.3. The van der Waals surface area contributed by atoms with Gasteiger partial charge in [0, 0.05) is 36.6 Å². The van der Waals surface area contributed by atoms with E-state index in [4.69, 9.17) is 0 Å². The average Bonchev–Trinajstić information content (AvgIpc) is 3.38. The van der Waals surface area contributed by atoms with Crippen molar-refractivity contribution in [1.82, 2.24) is 25.5 Å². The standard InChI is InChI=1S/C21H29N5O2S/c1-14(2)12-22-20(28)17-11-16-19(24-13-23-16)21(25-17)5-7-26(8-6-21)18(27)10-15-4-3-9-29-15/h3-4,9,13-14,17,25H,5-8,10-12H2,1-2H3,(H,22,28)(H,23,24)/t17-/m0/s1. The number of thiophene rings is 1. The van der Waals surface area contributed by atoms with E-state index in [0.29, 0.717) is 38.4 Å². The van der Waals surface area contributed by atoms with Crippen molar-refractivity contribution in [3.8, 4) is 0 Å². The summed E-state index contributed by atoms with van der Waals surface area (Å²) in [5, 5.41) is 8.66. The Labute approximate surface area is 175 Å². The van der Waals surface area contributed by atoms with Gasteiger partial charge in [0.05, 0.1) is 30.0 Å². The van der Waals surface area contributed by atoms with Gasteiger partial charge in [0.15, 0.2) is 0 Å². The molecule has 1 saturated heterocycles. The molecule has 1 spiro atoms. The molecule has 0 bridgehead atoms. The van der Waals surface area contributed by atoms with Crippen LogP contribution >= 0.6 is 11.3 Å². The fraction of sp³-hybridized carbons (Fsp3) is 0.571. The van der Waals surface area contributed by atoms with Crippen molar-refractivity contribution < 1.29 is 9.59 Å². The van der Waals surface area contributed by atoms with Gasteiger partial charge in [-0.3, -0.25) is 14.9 Å². The molecule has 0 aromatic carbocycles. The highest BCUT2D eigenvalue weighted by atomic mass is 32.1.